The Kier molecular flexibility index (Phi) is 9.20. The van der Waals surface area contributed by atoms with E-state index in [0.29, 0.717) is 0 Å². The van der Waals surface area contributed by atoms with E-state index in [1.807, 2.05) is 60.7 Å². The van der Waals surface area contributed by atoms with Crippen molar-refractivity contribution in [3.8, 4) is 5.75 Å². The van der Waals surface area contributed by atoms with Crippen molar-refractivity contribution in [3.05, 3.63) is 102 Å². The summed E-state index contributed by atoms with van der Waals surface area (Å²) in [6.07, 6.45) is 2.22. The van der Waals surface area contributed by atoms with Gasteiger partial charge >= 0.3 is 0 Å². The van der Waals surface area contributed by atoms with Gasteiger partial charge in [0.05, 0.1) is 11.6 Å². The van der Waals surface area contributed by atoms with E-state index in [0.717, 1.165) is 72.1 Å². The molecule has 0 fully saturated rings. The molecule has 3 heteroatoms. The minimum atomic E-state index is 0.743. The van der Waals surface area contributed by atoms with Crippen LogP contribution >= 0.6 is 11.6 Å². The third-order valence-electron chi connectivity index (χ3n) is 5.48. The van der Waals surface area contributed by atoms with Gasteiger partial charge in [0.15, 0.2) is 0 Å². The highest BCUT2D eigenvalue weighted by molar-refractivity contribution is 6.53. The third kappa shape index (κ3) is 6.72. The van der Waals surface area contributed by atoms with Gasteiger partial charge in [-0.3, -0.25) is 0 Å². The van der Waals surface area contributed by atoms with Crippen LogP contribution in [0, 0.1) is 0 Å². The van der Waals surface area contributed by atoms with Crippen LogP contribution in [0.3, 0.4) is 0 Å². The van der Waals surface area contributed by atoms with Crippen LogP contribution in [0.2, 0.25) is 0 Å². The number of hydrogen-bond acceptors (Lipinski definition) is 2. The average molecular weight is 434 g/mol. The second kappa shape index (κ2) is 12.3. The van der Waals surface area contributed by atoms with Gasteiger partial charge in [-0.15, -0.1) is 0 Å². The lowest BCUT2D eigenvalue weighted by atomic mass is 9.95. The molecule has 0 saturated carbocycles. The summed E-state index contributed by atoms with van der Waals surface area (Å²) in [5, 5.41) is 0.747. The molecule has 3 rings (SSSR count). The molecule has 162 valence electrons. The van der Waals surface area contributed by atoms with Gasteiger partial charge in [-0.25, -0.2) is 0 Å². The summed E-state index contributed by atoms with van der Waals surface area (Å²) in [5.74, 6) is 0.898. The highest BCUT2D eigenvalue weighted by Gasteiger charge is 2.12. The van der Waals surface area contributed by atoms with Gasteiger partial charge in [0.2, 0.25) is 0 Å². The molecule has 0 aliphatic carbocycles. The molecule has 31 heavy (non-hydrogen) atoms. The first-order valence-corrected chi connectivity index (χ1v) is 11.6. The number of unbranched alkanes of at least 4 members (excludes halogenated alkanes) is 1. The van der Waals surface area contributed by atoms with E-state index >= 15 is 0 Å². The zero-order chi connectivity index (χ0) is 21.9. The van der Waals surface area contributed by atoms with Crippen LogP contribution in [0.1, 0.15) is 43.4 Å². The lowest BCUT2D eigenvalue weighted by molar-refractivity contribution is 0.266. The van der Waals surface area contributed by atoms with E-state index < -0.39 is 0 Å². The van der Waals surface area contributed by atoms with Gasteiger partial charge in [0.1, 0.15) is 5.75 Å². The fourth-order valence-corrected chi connectivity index (χ4v) is 3.98. The summed E-state index contributed by atoms with van der Waals surface area (Å²) in [5.41, 5.74) is 4.21. The van der Waals surface area contributed by atoms with Crippen molar-refractivity contribution in [2.75, 3.05) is 26.2 Å². The van der Waals surface area contributed by atoms with Gasteiger partial charge in [-0.1, -0.05) is 98.2 Å². The summed E-state index contributed by atoms with van der Waals surface area (Å²) < 4.78 is 5.97. The highest BCUT2D eigenvalue weighted by atomic mass is 35.5. The Hall–Kier alpha value is -2.55. The number of benzene rings is 3. The first-order valence-electron chi connectivity index (χ1n) is 11.2. The number of rotatable bonds is 11. The summed E-state index contributed by atoms with van der Waals surface area (Å²) in [7, 11) is 0. The Bertz CT molecular complexity index is 932. The molecule has 0 N–H and O–H groups in total. The second-order valence-corrected chi connectivity index (χ2v) is 7.91. The van der Waals surface area contributed by atoms with Crippen molar-refractivity contribution in [1.82, 2.24) is 4.90 Å². The molecule has 0 spiro atoms. The van der Waals surface area contributed by atoms with Crippen molar-refractivity contribution < 1.29 is 4.74 Å². The van der Waals surface area contributed by atoms with Crippen LogP contribution in [0.5, 0.6) is 5.75 Å². The van der Waals surface area contributed by atoms with E-state index in [2.05, 4.69) is 43.0 Å². The zero-order valence-corrected chi connectivity index (χ0v) is 19.3. The molecule has 0 heterocycles. The zero-order valence-electron chi connectivity index (χ0n) is 18.6. The van der Waals surface area contributed by atoms with Crippen LogP contribution in [0.4, 0.5) is 0 Å². The summed E-state index contributed by atoms with van der Waals surface area (Å²) >= 11 is 6.89. The van der Waals surface area contributed by atoms with Gasteiger partial charge in [0, 0.05) is 5.57 Å². The summed E-state index contributed by atoms with van der Waals surface area (Å²) in [6, 6.07) is 28.7. The van der Waals surface area contributed by atoms with Crippen molar-refractivity contribution in [2.45, 2.75) is 26.7 Å². The van der Waals surface area contributed by atoms with Crippen LogP contribution in [0.25, 0.3) is 10.6 Å². The summed E-state index contributed by atoms with van der Waals surface area (Å²) in [4.78, 5) is 2.45. The molecular formula is C28H32ClNO. The fraction of sp³-hybridized carbons (Fsp3) is 0.286. The number of nitrogens with zero attached hydrogens (tertiary/aromatic N) is 1. The molecule has 0 atom stereocenters. The maximum absolute atomic E-state index is 6.89. The molecule has 2 nitrogen and oxygen atoms in total. The molecule has 0 amide bonds. The largest absolute Gasteiger partial charge is 0.494 e. The quantitative estimate of drug-likeness (QED) is 0.231. The number of ether oxygens (including phenoxy) is 1. The molecule has 0 aliphatic heterocycles. The second-order valence-electron chi connectivity index (χ2n) is 7.53. The van der Waals surface area contributed by atoms with Crippen molar-refractivity contribution in [2.24, 2.45) is 0 Å². The van der Waals surface area contributed by atoms with Gasteiger partial charge in [-0.05, 0) is 61.3 Å². The molecule has 0 aromatic heterocycles. The van der Waals surface area contributed by atoms with Crippen LogP contribution in [-0.4, -0.2) is 31.1 Å². The van der Waals surface area contributed by atoms with Gasteiger partial charge in [0.25, 0.3) is 0 Å². The standard InChI is InChI=1S/C28H32ClNO/c1-3-30(4-2)21-11-12-22-31-26-19-17-24(18-20-26)27(23-13-7-5-8-14-23)28(29)25-15-9-6-10-16-25/h5-10,13-20H,3-4,11-12,21-22H2,1-2H3. The Morgan fingerprint density at radius 1 is 0.710 bits per heavy atom. The highest BCUT2D eigenvalue weighted by Crippen LogP contribution is 2.35. The molecule has 0 unspecified atom stereocenters. The predicted molar refractivity (Wildman–Crippen MR) is 134 cm³/mol. The van der Waals surface area contributed by atoms with E-state index in [-0.39, 0.29) is 0 Å². The van der Waals surface area contributed by atoms with Crippen molar-refractivity contribution in [3.63, 3.8) is 0 Å². The van der Waals surface area contributed by atoms with Crippen molar-refractivity contribution in [1.29, 1.82) is 0 Å². The normalized spacial score (nSPS) is 12.0. The number of hydrogen-bond donors (Lipinski definition) is 0. The maximum atomic E-state index is 6.89. The maximum Gasteiger partial charge on any atom is 0.119 e. The lowest BCUT2D eigenvalue weighted by Gasteiger charge is -2.17. The van der Waals surface area contributed by atoms with Crippen molar-refractivity contribution >= 4 is 22.2 Å². The Labute approximate surface area is 192 Å². The predicted octanol–water partition coefficient (Wildman–Crippen LogP) is 7.34. The average Bonchev–Trinajstić information content (AvgIpc) is 2.83. The van der Waals surface area contributed by atoms with Crippen LogP contribution in [-0.2, 0) is 0 Å². The van der Waals surface area contributed by atoms with Gasteiger partial charge < -0.3 is 9.64 Å². The van der Waals surface area contributed by atoms with E-state index in [9.17, 15) is 0 Å². The lowest BCUT2D eigenvalue weighted by Crippen LogP contribution is -2.24. The van der Waals surface area contributed by atoms with E-state index in [1.54, 1.807) is 0 Å². The molecule has 0 bridgehead atoms. The fourth-order valence-electron chi connectivity index (χ4n) is 3.64. The smallest absolute Gasteiger partial charge is 0.119 e. The molecule has 0 aliphatic rings. The third-order valence-corrected chi connectivity index (χ3v) is 5.89. The summed E-state index contributed by atoms with van der Waals surface area (Å²) in [6.45, 7) is 8.53. The Balaban J connectivity index is 1.72. The Morgan fingerprint density at radius 3 is 1.84 bits per heavy atom. The molecule has 3 aromatic rings. The first kappa shape index (κ1) is 23.1. The number of halogens is 1. The van der Waals surface area contributed by atoms with Gasteiger partial charge in [-0.2, -0.15) is 0 Å². The molecule has 0 saturated heterocycles. The van der Waals surface area contributed by atoms with E-state index in [4.69, 9.17) is 16.3 Å². The minimum absolute atomic E-state index is 0.743. The SMILES string of the molecule is CCN(CC)CCCCOc1ccc(C(=C(Cl)c2ccccc2)c2ccccc2)cc1. The monoisotopic (exact) mass is 433 g/mol. The molecular weight excluding hydrogens is 402 g/mol. The van der Waals surface area contributed by atoms with Crippen LogP contribution < -0.4 is 4.74 Å². The minimum Gasteiger partial charge on any atom is -0.494 e. The first-order chi connectivity index (χ1) is 15.2. The van der Waals surface area contributed by atoms with E-state index in [1.165, 1.54) is 0 Å². The van der Waals surface area contributed by atoms with Crippen LogP contribution in [0.15, 0.2) is 84.9 Å². The molecule has 0 radical (unpaired) electrons. The topological polar surface area (TPSA) is 12.5 Å². The molecule has 3 aromatic carbocycles. The Morgan fingerprint density at radius 2 is 1.26 bits per heavy atom.